The highest BCUT2D eigenvalue weighted by Crippen LogP contribution is 2.46. The van der Waals surface area contributed by atoms with Gasteiger partial charge in [0.05, 0.1) is 43.1 Å². The molecule has 10 heteroatoms. The van der Waals surface area contributed by atoms with Crippen molar-refractivity contribution in [3.05, 3.63) is 306 Å². The predicted octanol–water partition coefficient (Wildman–Crippen LogP) is 23.5. The number of halogens is 1. The van der Waals surface area contributed by atoms with Gasteiger partial charge < -0.3 is 4.57 Å². The van der Waals surface area contributed by atoms with E-state index in [4.69, 9.17) is 51.0 Å². The summed E-state index contributed by atoms with van der Waals surface area (Å²) in [5, 5.41) is 0.938. The van der Waals surface area contributed by atoms with Crippen LogP contribution in [0.2, 0.25) is 0 Å². The zero-order valence-electron chi connectivity index (χ0n) is 66.2. The zero-order valence-corrected chi connectivity index (χ0v) is 49.4. The van der Waals surface area contributed by atoms with Crippen molar-refractivity contribution in [3.8, 4) is 85.1 Å². The van der Waals surface area contributed by atoms with Crippen LogP contribution in [0.25, 0.3) is 147 Å². The van der Waals surface area contributed by atoms with Gasteiger partial charge in [-0.15, -0.1) is 22.7 Å². The number of para-hydroxylation sites is 1. The van der Waals surface area contributed by atoms with Gasteiger partial charge in [-0.1, -0.05) is 274 Å². The molecule has 0 spiro atoms. The molecule has 0 fully saturated rings. The summed E-state index contributed by atoms with van der Waals surface area (Å²) in [4.78, 5) is 28.5. The van der Waals surface area contributed by atoms with E-state index in [9.17, 15) is 1.37 Å². The lowest BCUT2D eigenvalue weighted by Crippen LogP contribution is -2.00. The fourth-order valence-corrected chi connectivity index (χ4v) is 13.3. The molecule has 0 aliphatic heterocycles. The summed E-state index contributed by atoms with van der Waals surface area (Å²) in [6.07, 6.45) is 0.152. The highest BCUT2D eigenvalue weighted by molar-refractivity contribution is 9.10. The smallest absolute Gasteiger partial charge is 0.164 e. The Morgan fingerprint density at radius 2 is 0.717 bits per heavy atom. The SMILES string of the molecule is Brc1ccc(-c2nc(-c3ccccc3)nc(-c3ccccc3)n2)cc1.C.C.C.[2H]c1c([2H])c([2H])c2c(c1[2H])Cc1c-2c([2H])c([2H])c2c1sc1c([2H])c([2H])c([2H])c([2H])c12.[2H]c1c([2H])c([2H])c2c(sc3c2c([2H])c([2H])c2c4c([2H])c([2H])c([2H])c([2H])c4n(-c4ccc(-c5nc(-c6ccccc6)nc(-c6ccccc6)n5)cc4)c32)c1[2H]. The highest BCUT2D eigenvalue weighted by Gasteiger charge is 2.23. The van der Waals surface area contributed by atoms with Crippen LogP contribution in [0.5, 0.6) is 0 Å². The first-order valence-corrected chi connectivity index (χ1v) is 30.3. The van der Waals surface area contributed by atoms with E-state index in [0.717, 1.165) is 55.0 Å². The molecule has 0 saturated heterocycles. The van der Waals surface area contributed by atoms with Crippen LogP contribution in [0.4, 0.5) is 0 Å². The molecular formula is C82H62BrN7S2. The summed E-state index contributed by atoms with van der Waals surface area (Å²) in [6.45, 7) is 0. The second-order valence-corrected chi connectivity index (χ2v) is 23.3. The van der Waals surface area contributed by atoms with Crippen molar-refractivity contribution >= 4 is 101 Å². The van der Waals surface area contributed by atoms with Gasteiger partial charge in [-0.25, -0.2) is 29.9 Å². The van der Waals surface area contributed by atoms with Crippen molar-refractivity contribution in [3.63, 3.8) is 0 Å². The maximum absolute atomic E-state index is 9.22. The quantitative estimate of drug-likeness (QED) is 0.158. The van der Waals surface area contributed by atoms with Crippen molar-refractivity contribution in [2.75, 3.05) is 0 Å². The second kappa shape index (κ2) is 26.1. The van der Waals surface area contributed by atoms with Crippen molar-refractivity contribution in [1.82, 2.24) is 34.5 Å². The molecule has 0 amide bonds. The van der Waals surface area contributed by atoms with Crippen molar-refractivity contribution in [2.45, 2.75) is 28.7 Å². The molecule has 18 rings (SSSR count). The molecule has 0 radical (unpaired) electrons. The molecule has 0 unspecified atom stereocenters. The maximum atomic E-state index is 9.22. The molecule has 1 aliphatic carbocycles. The minimum Gasteiger partial charge on any atom is -0.308 e. The maximum Gasteiger partial charge on any atom is 0.164 e. The fraction of sp³-hybridized carbons (Fsp3) is 0.0488. The van der Waals surface area contributed by atoms with Gasteiger partial charge in [0.25, 0.3) is 0 Å². The Bertz CT molecular complexity index is 6580. The molecule has 17 aromatic rings. The number of benzene rings is 12. The van der Waals surface area contributed by atoms with Crippen LogP contribution in [0, 0.1) is 0 Å². The fourth-order valence-electron chi connectivity index (χ4n) is 10.8. The average Bonchev–Trinajstić information content (AvgIpc) is 1.54. The standard InChI is InChI=1S/C39H24N4S.C21H14BrN3.C19H12S.3CH4/c1-3-11-25(12-4-1)37-40-38(26-13-5-2-6-14-26)42-39(41-37)27-19-21-28(22-20-27)43-33-17-9-7-15-29(33)31-23-24-32-30-16-8-10-18-34(30)44-36(32)35(31)43;22-18-13-11-17(12-14-18)21-24-19(15-7-3-1-4-8-15)23-20(25-21)16-9-5-2-6-10-16;1-2-6-13-12(5-1)11-17-14(13)9-10-16-15-7-3-4-8-18(15)20-19(16)17;;;/h1-24H;1-14H;1-10H,11H2;3*1H4/i7D,8D,9D,10D,15D,16D,17D,18D,23D,24D;;1D,2D,3D,4D,5D,6D,7D,8D,9D,10D;;;. The third-order valence-electron chi connectivity index (χ3n) is 14.9. The number of hydrogen-bond acceptors (Lipinski definition) is 8. The Labute approximate surface area is 580 Å². The van der Waals surface area contributed by atoms with Gasteiger partial charge in [0.1, 0.15) is 0 Å². The Hall–Kier alpha value is -10.6. The molecular weight excluding hydrogens is 1230 g/mol. The van der Waals surface area contributed by atoms with E-state index in [1.165, 1.54) is 0 Å². The first kappa shape index (κ1) is 40.9. The van der Waals surface area contributed by atoms with Gasteiger partial charge in [0.15, 0.2) is 34.9 Å². The molecule has 92 heavy (non-hydrogen) atoms. The van der Waals surface area contributed by atoms with Crippen LogP contribution in [-0.2, 0) is 6.42 Å². The highest BCUT2D eigenvalue weighted by atomic mass is 79.9. The summed E-state index contributed by atoms with van der Waals surface area (Å²) in [7, 11) is 0. The summed E-state index contributed by atoms with van der Waals surface area (Å²) in [5.74, 6) is 3.38. The lowest BCUT2D eigenvalue weighted by atomic mass is 10.0. The number of thiophene rings is 2. The van der Waals surface area contributed by atoms with Crippen LogP contribution in [-0.4, -0.2) is 34.5 Å². The van der Waals surface area contributed by atoms with E-state index in [-0.39, 0.29) is 167 Å². The number of fused-ring (bicyclic) bond motifs is 14. The summed E-state index contributed by atoms with van der Waals surface area (Å²) in [5.41, 5.74) is 7.50. The topological polar surface area (TPSA) is 82.3 Å². The largest absolute Gasteiger partial charge is 0.308 e. The minimum atomic E-state index is -0.484. The summed E-state index contributed by atoms with van der Waals surface area (Å²) in [6, 6.07) is 47.6. The monoisotopic (exact) mass is 1310 g/mol. The Kier molecular flexibility index (Phi) is 11.6. The Morgan fingerprint density at radius 1 is 0.337 bits per heavy atom. The average molecular weight is 1310 g/mol. The molecule has 12 aromatic carbocycles. The molecule has 7 nitrogen and oxygen atoms in total. The number of rotatable bonds is 7. The van der Waals surface area contributed by atoms with Gasteiger partial charge in [-0.05, 0) is 76.8 Å². The van der Waals surface area contributed by atoms with Gasteiger partial charge in [-0.3, -0.25) is 0 Å². The van der Waals surface area contributed by atoms with E-state index < -0.39 is 36.3 Å². The first-order chi connectivity index (χ1) is 52.3. The van der Waals surface area contributed by atoms with E-state index in [2.05, 4.69) is 20.9 Å². The van der Waals surface area contributed by atoms with Crippen molar-refractivity contribution in [1.29, 1.82) is 0 Å². The van der Waals surface area contributed by atoms with Gasteiger partial charge in [0.2, 0.25) is 0 Å². The van der Waals surface area contributed by atoms with Crippen LogP contribution >= 0.6 is 38.6 Å². The third-order valence-corrected chi connectivity index (χ3v) is 17.7. The molecule has 0 N–H and O–H groups in total. The van der Waals surface area contributed by atoms with E-state index in [1.54, 1.807) is 28.8 Å². The lowest BCUT2D eigenvalue weighted by Gasteiger charge is -2.11. The molecule has 0 saturated carbocycles. The van der Waals surface area contributed by atoms with Crippen molar-refractivity contribution in [2.24, 2.45) is 0 Å². The number of aromatic nitrogens is 7. The normalized spacial score (nSPS) is 14.3. The van der Waals surface area contributed by atoms with E-state index in [1.807, 2.05) is 146 Å². The molecule has 5 aromatic heterocycles. The summed E-state index contributed by atoms with van der Waals surface area (Å²) >= 11 is 5.62. The summed E-state index contributed by atoms with van der Waals surface area (Å²) < 4.78 is 174. The third kappa shape index (κ3) is 11.3. The van der Waals surface area contributed by atoms with E-state index in [0.29, 0.717) is 76.9 Å². The van der Waals surface area contributed by atoms with Crippen LogP contribution in [0.1, 0.15) is 60.8 Å². The Balaban J connectivity index is 0.000000160. The molecule has 0 atom stereocenters. The first-order valence-electron chi connectivity index (χ1n) is 37.9. The van der Waals surface area contributed by atoms with E-state index >= 15 is 0 Å². The predicted molar refractivity (Wildman–Crippen MR) is 395 cm³/mol. The lowest BCUT2D eigenvalue weighted by molar-refractivity contribution is 1.07. The zero-order chi connectivity index (χ0) is 76.6. The van der Waals surface area contributed by atoms with Gasteiger partial charge >= 0.3 is 0 Å². The number of hydrogen-bond donors (Lipinski definition) is 0. The number of nitrogens with zero attached hydrogens (tertiary/aromatic N) is 7. The minimum absolute atomic E-state index is 0. The van der Waals surface area contributed by atoms with Crippen molar-refractivity contribution < 1.29 is 27.4 Å². The van der Waals surface area contributed by atoms with Gasteiger partial charge in [0, 0.05) is 96.4 Å². The van der Waals surface area contributed by atoms with Crippen LogP contribution in [0.3, 0.4) is 0 Å². The Morgan fingerprint density at radius 3 is 1.22 bits per heavy atom. The molecule has 0 bridgehead atoms. The van der Waals surface area contributed by atoms with Crippen LogP contribution in [0.15, 0.2) is 295 Å². The second-order valence-electron chi connectivity index (χ2n) is 20.3. The van der Waals surface area contributed by atoms with Gasteiger partial charge in [-0.2, -0.15) is 0 Å². The molecule has 1 aliphatic rings. The van der Waals surface area contributed by atoms with Crippen LogP contribution < -0.4 is 0 Å². The molecule has 5 heterocycles. The molecule has 444 valence electrons.